The van der Waals surface area contributed by atoms with Gasteiger partial charge in [0.1, 0.15) is 17.5 Å². The molecule has 0 fully saturated rings. The molecule has 0 spiro atoms. The lowest BCUT2D eigenvalue weighted by molar-refractivity contribution is -0.150. The molecule has 0 heterocycles. The highest BCUT2D eigenvalue weighted by Gasteiger charge is 2.19. The fourth-order valence-electron chi connectivity index (χ4n) is 8.13. The number of unbranched alkanes of at least 4 members (excludes halogenated alkanes) is 25. The van der Waals surface area contributed by atoms with Crippen molar-refractivity contribution in [3.05, 3.63) is 20.4 Å². The lowest BCUT2D eigenvalue weighted by Crippen LogP contribution is -2.36. The third kappa shape index (κ3) is 31.8. The Kier molecular flexibility index (Phi) is 38.3. The molecule has 0 bridgehead atoms. The Morgan fingerprint density at radius 3 is 1.36 bits per heavy atom. The fraction of sp³-hybridized carbons (Fsp3) is 0.882. The van der Waals surface area contributed by atoms with Crippen LogP contribution >= 0.6 is 0 Å². The summed E-state index contributed by atoms with van der Waals surface area (Å²) in [6.45, 7) is 11.4. The van der Waals surface area contributed by atoms with E-state index in [0.717, 1.165) is 122 Å². The molecule has 0 amide bonds. The number of nitrogens with zero attached hydrogens (tertiary/aromatic N) is 1. The Bertz CT molecular complexity index is 1220. The minimum absolute atomic E-state index is 0.000565. The van der Waals surface area contributed by atoms with Crippen molar-refractivity contribution < 1.29 is 23.8 Å². The van der Waals surface area contributed by atoms with E-state index in [1.54, 1.807) is 7.05 Å². The van der Waals surface area contributed by atoms with Gasteiger partial charge in [-0.25, -0.2) is 4.79 Å². The smallest absolute Gasteiger partial charge is 0.462 e. The minimum atomic E-state index is -0.537. The van der Waals surface area contributed by atoms with Crippen LogP contribution in [0.2, 0.25) is 0 Å². The quantitative estimate of drug-likeness (QED) is 0.0372. The zero-order chi connectivity index (χ0) is 44.4. The van der Waals surface area contributed by atoms with E-state index in [0.29, 0.717) is 37.6 Å². The number of ether oxygens (including phenoxy) is 3. The maximum absolute atomic E-state index is 12.9. The number of rotatable bonds is 46. The molecule has 61 heavy (non-hydrogen) atoms. The third-order valence-electron chi connectivity index (χ3n) is 12.1. The molecule has 0 aliphatic rings. The van der Waals surface area contributed by atoms with E-state index in [1.165, 1.54) is 109 Å². The number of carbonyl (C=O) groups is 2. The average Bonchev–Trinajstić information content (AvgIpc) is 3.26. The number of carbonyl (C=O) groups excluding carboxylic acids is 2. The van der Waals surface area contributed by atoms with Gasteiger partial charge in [0.15, 0.2) is 0 Å². The van der Waals surface area contributed by atoms with Gasteiger partial charge in [-0.2, -0.15) is 0 Å². The molecule has 1 aromatic rings. The van der Waals surface area contributed by atoms with Gasteiger partial charge in [-0.1, -0.05) is 162 Å². The van der Waals surface area contributed by atoms with Gasteiger partial charge in [-0.15, -0.1) is 0 Å². The fourth-order valence-corrected chi connectivity index (χ4v) is 8.13. The van der Waals surface area contributed by atoms with Crippen LogP contribution < -0.4 is 21.5 Å². The van der Waals surface area contributed by atoms with Gasteiger partial charge in [0.25, 0.3) is 10.9 Å². The number of esters is 1. The first kappa shape index (κ1) is 56.4. The molecule has 0 aliphatic heterocycles. The first-order chi connectivity index (χ1) is 29.9. The lowest BCUT2D eigenvalue weighted by atomic mass is 10.0. The Labute approximate surface area is 373 Å². The molecule has 0 aromatic heterocycles. The van der Waals surface area contributed by atoms with Crippen LogP contribution in [0.3, 0.4) is 0 Å². The number of anilines is 2. The summed E-state index contributed by atoms with van der Waals surface area (Å²) in [5.74, 6) is 0.000565. The van der Waals surface area contributed by atoms with Crippen molar-refractivity contribution in [3.8, 4) is 0 Å². The summed E-state index contributed by atoms with van der Waals surface area (Å²) in [5, 5.41) is 5.97. The number of hydrogen-bond donors (Lipinski definition) is 2. The summed E-state index contributed by atoms with van der Waals surface area (Å²) in [4.78, 5) is 50.9. The molecule has 0 aliphatic carbocycles. The van der Waals surface area contributed by atoms with Crippen LogP contribution in [0.1, 0.15) is 239 Å². The molecule has 1 aromatic carbocycles. The van der Waals surface area contributed by atoms with E-state index in [9.17, 15) is 19.2 Å². The van der Waals surface area contributed by atoms with Gasteiger partial charge in [0.2, 0.25) is 0 Å². The van der Waals surface area contributed by atoms with Crippen LogP contribution in [0.15, 0.2) is 9.59 Å². The molecule has 0 atom stereocenters. The van der Waals surface area contributed by atoms with Crippen molar-refractivity contribution in [1.82, 2.24) is 4.90 Å². The van der Waals surface area contributed by atoms with E-state index < -0.39 is 17.0 Å². The highest BCUT2D eigenvalue weighted by molar-refractivity contribution is 5.73. The van der Waals surface area contributed by atoms with E-state index in [-0.39, 0.29) is 12.1 Å². The average molecular weight is 862 g/mol. The monoisotopic (exact) mass is 862 g/mol. The summed E-state index contributed by atoms with van der Waals surface area (Å²) in [6, 6.07) is 0. The molecule has 0 saturated heterocycles. The van der Waals surface area contributed by atoms with Crippen molar-refractivity contribution >= 4 is 23.5 Å². The first-order valence-corrected chi connectivity index (χ1v) is 25.8. The summed E-state index contributed by atoms with van der Waals surface area (Å²) >= 11 is 0. The highest BCUT2D eigenvalue weighted by atomic mass is 16.7. The summed E-state index contributed by atoms with van der Waals surface area (Å²) in [7, 11) is 1.67. The van der Waals surface area contributed by atoms with Crippen LogP contribution in [-0.2, 0) is 19.0 Å². The number of nitrogens with one attached hydrogen (secondary N) is 2. The highest BCUT2D eigenvalue weighted by Crippen LogP contribution is 2.19. The SMILES string of the molecule is CCCCCCCCCOC(=O)OCCCCCCN(CCCCCCCC(=O)OC(CCCCCCCC)CCCCCCCC)CCCCCNc1c(NC)c(=O)c1=O. The summed E-state index contributed by atoms with van der Waals surface area (Å²) in [5.41, 5.74) is -0.0405. The zero-order valence-corrected chi connectivity index (χ0v) is 40.2. The standard InChI is InChI=1S/C51H95N3O7/c1-5-8-11-14-17-24-34-43-59-51(58)60-44-35-25-23-32-41-54(42-33-26-30-39-53-48-47(52-4)49(56)50(48)57)40-31-22-18-21-29-38-46(55)61-45(36-27-19-15-12-9-6-2)37-28-20-16-13-10-7-3/h45,52-53H,5-44H2,1-4H3. The van der Waals surface area contributed by atoms with Crippen LogP contribution in [0.4, 0.5) is 16.2 Å². The third-order valence-corrected chi connectivity index (χ3v) is 12.1. The maximum Gasteiger partial charge on any atom is 0.508 e. The molecular formula is C51H95N3O7. The van der Waals surface area contributed by atoms with Crippen molar-refractivity contribution in [2.24, 2.45) is 0 Å². The van der Waals surface area contributed by atoms with E-state index in [1.807, 2.05) is 0 Å². The topological polar surface area (TPSA) is 123 Å². The van der Waals surface area contributed by atoms with E-state index in [4.69, 9.17) is 14.2 Å². The Balaban J connectivity index is 2.36. The van der Waals surface area contributed by atoms with Crippen LogP contribution in [0.25, 0.3) is 0 Å². The second kappa shape index (κ2) is 41.4. The Morgan fingerprint density at radius 2 is 0.885 bits per heavy atom. The molecule has 0 unspecified atom stereocenters. The summed E-state index contributed by atoms with van der Waals surface area (Å²) < 4.78 is 16.6. The lowest BCUT2D eigenvalue weighted by Gasteiger charge is -2.22. The van der Waals surface area contributed by atoms with Gasteiger partial charge in [-0.3, -0.25) is 14.4 Å². The van der Waals surface area contributed by atoms with Crippen molar-refractivity contribution in [3.63, 3.8) is 0 Å². The number of hydrogen-bond acceptors (Lipinski definition) is 10. The molecule has 0 saturated carbocycles. The van der Waals surface area contributed by atoms with Crippen molar-refractivity contribution in [2.45, 2.75) is 245 Å². The van der Waals surface area contributed by atoms with E-state index in [2.05, 4.69) is 36.3 Å². The second-order valence-corrected chi connectivity index (χ2v) is 17.7. The van der Waals surface area contributed by atoms with Crippen LogP contribution in [-0.4, -0.2) is 69.6 Å². The predicted octanol–water partition coefficient (Wildman–Crippen LogP) is 13.4. The Hall–Kier alpha value is -2.62. The molecule has 0 radical (unpaired) electrons. The predicted molar refractivity (Wildman–Crippen MR) is 257 cm³/mol. The Morgan fingerprint density at radius 1 is 0.492 bits per heavy atom. The van der Waals surface area contributed by atoms with E-state index >= 15 is 0 Å². The molecular weight excluding hydrogens is 767 g/mol. The van der Waals surface area contributed by atoms with Crippen LogP contribution in [0, 0.1) is 0 Å². The maximum atomic E-state index is 12.9. The van der Waals surface area contributed by atoms with Gasteiger partial charge in [0, 0.05) is 20.0 Å². The van der Waals surface area contributed by atoms with Crippen molar-refractivity contribution in [2.75, 3.05) is 57.1 Å². The van der Waals surface area contributed by atoms with Gasteiger partial charge in [0.05, 0.1) is 13.2 Å². The molecule has 10 nitrogen and oxygen atoms in total. The first-order valence-electron chi connectivity index (χ1n) is 25.8. The van der Waals surface area contributed by atoms with Gasteiger partial charge >= 0.3 is 12.1 Å². The van der Waals surface area contributed by atoms with Crippen molar-refractivity contribution in [1.29, 1.82) is 0 Å². The molecule has 2 N–H and O–H groups in total. The molecule has 10 heteroatoms. The molecule has 356 valence electrons. The van der Waals surface area contributed by atoms with Gasteiger partial charge in [-0.05, 0) is 90.3 Å². The normalized spacial score (nSPS) is 11.5. The summed E-state index contributed by atoms with van der Waals surface area (Å²) in [6.07, 6.45) is 38.3. The van der Waals surface area contributed by atoms with Crippen LogP contribution in [0.5, 0.6) is 0 Å². The minimum Gasteiger partial charge on any atom is -0.462 e. The second-order valence-electron chi connectivity index (χ2n) is 17.7. The van der Waals surface area contributed by atoms with Gasteiger partial charge < -0.3 is 29.7 Å². The zero-order valence-electron chi connectivity index (χ0n) is 40.2. The largest absolute Gasteiger partial charge is 0.508 e. The molecule has 1 rings (SSSR count).